The molecule has 0 aromatic carbocycles. The van der Waals surface area contributed by atoms with Gasteiger partial charge in [0, 0.05) is 25.4 Å². The van der Waals surface area contributed by atoms with Crippen molar-refractivity contribution in [3.8, 4) is 0 Å². The molecule has 1 aliphatic rings. The summed E-state index contributed by atoms with van der Waals surface area (Å²) in [4.78, 5) is 17.4. The summed E-state index contributed by atoms with van der Waals surface area (Å²) in [6.07, 6.45) is 5.73. The minimum Gasteiger partial charge on any atom is -0.478 e. The van der Waals surface area contributed by atoms with E-state index in [1.165, 1.54) is 6.42 Å². The third-order valence-electron chi connectivity index (χ3n) is 3.66. The predicted molar refractivity (Wildman–Crippen MR) is 80.8 cm³/mol. The number of nitrogens with zero attached hydrogens (tertiary/aromatic N) is 2. The second kappa shape index (κ2) is 6.07. The van der Waals surface area contributed by atoms with Gasteiger partial charge in [-0.2, -0.15) is 0 Å². The zero-order valence-electron chi connectivity index (χ0n) is 12.3. The highest BCUT2D eigenvalue weighted by Gasteiger charge is 2.23. The molecule has 2 atom stereocenters. The molecule has 1 fully saturated rings. The van der Waals surface area contributed by atoms with Crippen LogP contribution >= 0.6 is 0 Å². The fourth-order valence-electron chi connectivity index (χ4n) is 3.01. The maximum Gasteiger partial charge on any atom is 0.328 e. The van der Waals surface area contributed by atoms with E-state index in [2.05, 4.69) is 23.7 Å². The smallest absolute Gasteiger partial charge is 0.328 e. The van der Waals surface area contributed by atoms with Gasteiger partial charge < -0.3 is 10.0 Å². The van der Waals surface area contributed by atoms with Crippen molar-refractivity contribution in [3.63, 3.8) is 0 Å². The number of pyridine rings is 1. The Morgan fingerprint density at radius 2 is 2.05 bits per heavy atom. The monoisotopic (exact) mass is 274 g/mol. The normalized spacial score (nSPS) is 23.2. The van der Waals surface area contributed by atoms with Gasteiger partial charge >= 0.3 is 5.97 Å². The van der Waals surface area contributed by atoms with Crippen molar-refractivity contribution in [2.75, 3.05) is 18.0 Å². The van der Waals surface area contributed by atoms with Crippen molar-refractivity contribution in [3.05, 3.63) is 29.5 Å². The quantitative estimate of drug-likeness (QED) is 0.861. The van der Waals surface area contributed by atoms with Crippen molar-refractivity contribution >= 4 is 17.9 Å². The first kappa shape index (κ1) is 14.6. The number of piperidine rings is 1. The molecule has 0 radical (unpaired) electrons. The molecule has 1 aliphatic heterocycles. The van der Waals surface area contributed by atoms with Crippen molar-refractivity contribution in [1.29, 1.82) is 0 Å². The maximum absolute atomic E-state index is 10.5. The van der Waals surface area contributed by atoms with Gasteiger partial charge in [0.1, 0.15) is 5.82 Å². The number of carbonyl (C=O) groups is 1. The van der Waals surface area contributed by atoms with Crippen LogP contribution in [0.2, 0.25) is 0 Å². The fraction of sp³-hybridized carbons (Fsp3) is 0.500. The first-order valence-electron chi connectivity index (χ1n) is 7.08. The lowest BCUT2D eigenvalue weighted by molar-refractivity contribution is -0.131. The molecule has 108 valence electrons. The Labute approximate surface area is 120 Å². The van der Waals surface area contributed by atoms with E-state index in [0.717, 1.165) is 36.1 Å². The van der Waals surface area contributed by atoms with Crippen LogP contribution in [-0.2, 0) is 4.79 Å². The summed E-state index contributed by atoms with van der Waals surface area (Å²) >= 11 is 0. The van der Waals surface area contributed by atoms with Gasteiger partial charge in [-0.25, -0.2) is 9.78 Å². The number of carboxylic acids is 1. The number of aromatic nitrogens is 1. The van der Waals surface area contributed by atoms with Crippen LogP contribution in [0.4, 0.5) is 5.82 Å². The summed E-state index contributed by atoms with van der Waals surface area (Å²) in [5.41, 5.74) is 1.92. The zero-order chi connectivity index (χ0) is 14.7. The van der Waals surface area contributed by atoms with Crippen molar-refractivity contribution in [2.45, 2.75) is 27.2 Å². The van der Waals surface area contributed by atoms with E-state index in [4.69, 9.17) is 5.11 Å². The first-order valence-corrected chi connectivity index (χ1v) is 7.08. The van der Waals surface area contributed by atoms with E-state index in [9.17, 15) is 4.79 Å². The van der Waals surface area contributed by atoms with Crippen molar-refractivity contribution in [2.24, 2.45) is 11.8 Å². The standard InChI is InChI=1S/C16H22N2O2/c1-11-6-12(2)10-18(9-11)16-13(3)7-14(8-17-16)4-5-15(19)20/h4-5,7-8,11-12H,6,9-10H2,1-3H3,(H,19,20)/b5-4+. The third-order valence-corrected chi connectivity index (χ3v) is 3.66. The number of hydrogen-bond acceptors (Lipinski definition) is 3. The summed E-state index contributed by atoms with van der Waals surface area (Å²) in [5.74, 6) is 1.46. The van der Waals surface area contributed by atoms with Gasteiger partial charge in [0.2, 0.25) is 0 Å². The summed E-state index contributed by atoms with van der Waals surface area (Å²) in [6.45, 7) is 8.68. The first-order chi connectivity index (χ1) is 9.45. The van der Waals surface area contributed by atoms with Gasteiger partial charge in [-0.1, -0.05) is 13.8 Å². The molecule has 2 rings (SSSR count). The van der Waals surface area contributed by atoms with Gasteiger partial charge in [0.15, 0.2) is 0 Å². The molecule has 1 aromatic heterocycles. The van der Waals surface area contributed by atoms with Crippen molar-refractivity contribution in [1.82, 2.24) is 4.98 Å². The molecule has 1 saturated heterocycles. The largest absolute Gasteiger partial charge is 0.478 e. The molecule has 1 N–H and O–H groups in total. The molecule has 0 aliphatic carbocycles. The lowest BCUT2D eigenvalue weighted by Gasteiger charge is -2.36. The summed E-state index contributed by atoms with van der Waals surface area (Å²) < 4.78 is 0. The molecular formula is C16H22N2O2. The molecule has 4 nitrogen and oxygen atoms in total. The topological polar surface area (TPSA) is 53.4 Å². The highest BCUT2D eigenvalue weighted by Crippen LogP contribution is 2.27. The zero-order valence-corrected chi connectivity index (χ0v) is 12.3. The van der Waals surface area contributed by atoms with Crippen LogP contribution in [0.5, 0.6) is 0 Å². The van der Waals surface area contributed by atoms with E-state index in [1.54, 1.807) is 12.3 Å². The number of aryl methyl sites for hydroxylation is 1. The Morgan fingerprint density at radius 1 is 1.40 bits per heavy atom. The molecule has 1 aromatic rings. The van der Waals surface area contributed by atoms with Crippen LogP contribution in [0.1, 0.15) is 31.4 Å². The Hall–Kier alpha value is -1.84. The second-order valence-corrected chi connectivity index (χ2v) is 5.93. The number of rotatable bonds is 3. The minimum atomic E-state index is -0.939. The van der Waals surface area contributed by atoms with E-state index < -0.39 is 5.97 Å². The van der Waals surface area contributed by atoms with Gasteiger partial charge in [-0.05, 0) is 48.4 Å². The van der Waals surface area contributed by atoms with E-state index in [0.29, 0.717) is 11.8 Å². The lowest BCUT2D eigenvalue weighted by atomic mass is 9.91. The van der Waals surface area contributed by atoms with Gasteiger partial charge in [-0.15, -0.1) is 0 Å². The highest BCUT2D eigenvalue weighted by molar-refractivity contribution is 5.85. The van der Waals surface area contributed by atoms with E-state index >= 15 is 0 Å². The predicted octanol–water partition coefficient (Wildman–Crippen LogP) is 2.97. The average Bonchev–Trinajstić information content (AvgIpc) is 2.35. The number of hydrogen-bond donors (Lipinski definition) is 1. The Bertz CT molecular complexity index is 515. The van der Waals surface area contributed by atoms with Gasteiger partial charge in [0.25, 0.3) is 0 Å². The molecule has 20 heavy (non-hydrogen) atoms. The van der Waals surface area contributed by atoms with Crippen molar-refractivity contribution < 1.29 is 9.90 Å². The number of anilines is 1. The Morgan fingerprint density at radius 3 is 2.60 bits per heavy atom. The molecular weight excluding hydrogens is 252 g/mol. The molecule has 0 amide bonds. The summed E-state index contributed by atoms with van der Waals surface area (Å²) in [6, 6.07) is 1.99. The number of aliphatic carboxylic acids is 1. The summed E-state index contributed by atoms with van der Waals surface area (Å²) in [5, 5.41) is 8.65. The highest BCUT2D eigenvalue weighted by atomic mass is 16.4. The summed E-state index contributed by atoms with van der Waals surface area (Å²) in [7, 11) is 0. The fourth-order valence-corrected chi connectivity index (χ4v) is 3.01. The van der Waals surface area contributed by atoms with Crippen LogP contribution in [0.15, 0.2) is 18.3 Å². The lowest BCUT2D eigenvalue weighted by Crippen LogP contribution is -2.39. The molecule has 0 bridgehead atoms. The number of carboxylic acid groups (broad SMARTS) is 1. The molecule has 2 heterocycles. The second-order valence-electron chi connectivity index (χ2n) is 5.93. The molecule has 0 saturated carbocycles. The van der Waals surface area contributed by atoms with Gasteiger partial charge in [-0.3, -0.25) is 0 Å². The minimum absolute atomic E-state index is 0.687. The van der Waals surface area contributed by atoms with Crippen LogP contribution in [0, 0.1) is 18.8 Å². The van der Waals surface area contributed by atoms with Crippen LogP contribution < -0.4 is 4.90 Å². The van der Waals surface area contributed by atoms with Gasteiger partial charge in [0.05, 0.1) is 0 Å². The Balaban J connectivity index is 2.19. The van der Waals surface area contributed by atoms with E-state index in [1.807, 2.05) is 13.0 Å². The molecule has 4 heteroatoms. The van der Waals surface area contributed by atoms with Crippen LogP contribution in [-0.4, -0.2) is 29.1 Å². The average molecular weight is 274 g/mol. The third kappa shape index (κ3) is 3.59. The molecule has 2 unspecified atom stereocenters. The maximum atomic E-state index is 10.5. The SMILES string of the molecule is Cc1cc(/C=C/C(=O)O)cnc1N1CC(C)CC(C)C1. The van der Waals surface area contributed by atoms with E-state index in [-0.39, 0.29) is 0 Å². The van der Waals surface area contributed by atoms with Crippen LogP contribution in [0.25, 0.3) is 6.08 Å². The van der Waals surface area contributed by atoms with Crippen LogP contribution in [0.3, 0.4) is 0 Å². The molecule has 0 spiro atoms. The Kier molecular flexibility index (Phi) is 4.42.